The number of amides is 1. The summed E-state index contributed by atoms with van der Waals surface area (Å²) in [5, 5.41) is 4.46. The molecule has 0 spiro atoms. The summed E-state index contributed by atoms with van der Waals surface area (Å²) in [6, 6.07) is 18.3. The van der Waals surface area contributed by atoms with Crippen LogP contribution in [0.25, 0.3) is 0 Å². The third-order valence-electron chi connectivity index (χ3n) is 7.08. The molecule has 8 nitrogen and oxygen atoms in total. The third kappa shape index (κ3) is 4.61. The van der Waals surface area contributed by atoms with Crippen molar-refractivity contribution in [3.8, 4) is 5.75 Å². The standard InChI is InChI=1S/C30H23F2N3O5S/c1-39-30(38)20-13-34-26(28(27(20)36)40-14-17-7-3-2-4-8-17)29(37)33-16-35(34)25-18-11-12-22(31)24(32)21(18)15-41-23-10-6-5-9-19(23)25/h2-13,25H,14-16H2,1H3,(H,33,37)/t25-/m0/s1. The number of thioether (sulfide) groups is 1. The SMILES string of the molecule is COC(=O)c1cn2c(c(OCc3ccccc3)c1=O)C(=O)NCN2[C@@H]1c2ccccc2SCc2c1ccc(F)c2F. The Morgan fingerprint density at radius 1 is 1.02 bits per heavy atom. The largest absolute Gasteiger partial charge is 0.482 e. The molecular formula is C30H23F2N3O5S. The van der Waals surface area contributed by atoms with Gasteiger partial charge >= 0.3 is 5.97 Å². The van der Waals surface area contributed by atoms with E-state index in [0.717, 1.165) is 29.2 Å². The molecule has 11 heteroatoms. The van der Waals surface area contributed by atoms with Gasteiger partial charge in [0.15, 0.2) is 23.1 Å². The topological polar surface area (TPSA) is 89.9 Å². The van der Waals surface area contributed by atoms with Gasteiger partial charge in [-0.15, -0.1) is 11.8 Å². The lowest BCUT2D eigenvalue weighted by Gasteiger charge is -2.40. The number of aromatic nitrogens is 1. The minimum atomic E-state index is -0.963. The molecular weight excluding hydrogens is 552 g/mol. The van der Waals surface area contributed by atoms with Gasteiger partial charge in [0.25, 0.3) is 5.91 Å². The predicted molar refractivity (Wildman–Crippen MR) is 148 cm³/mol. The van der Waals surface area contributed by atoms with Gasteiger partial charge in [-0.25, -0.2) is 13.6 Å². The normalized spacial score (nSPS) is 15.6. The van der Waals surface area contributed by atoms with Crippen molar-refractivity contribution in [1.29, 1.82) is 0 Å². The summed E-state index contributed by atoms with van der Waals surface area (Å²) in [4.78, 5) is 40.4. The van der Waals surface area contributed by atoms with Crippen molar-refractivity contribution in [1.82, 2.24) is 9.99 Å². The van der Waals surface area contributed by atoms with E-state index in [4.69, 9.17) is 9.47 Å². The van der Waals surface area contributed by atoms with Gasteiger partial charge in [-0.3, -0.25) is 19.3 Å². The number of fused-ring (bicyclic) bond motifs is 3. The molecule has 0 saturated carbocycles. The second kappa shape index (κ2) is 10.7. The maximum absolute atomic E-state index is 15.2. The summed E-state index contributed by atoms with van der Waals surface area (Å²) < 4.78 is 41.7. The second-order valence-corrected chi connectivity index (χ2v) is 10.4. The zero-order valence-corrected chi connectivity index (χ0v) is 22.5. The lowest BCUT2D eigenvalue weighted by molar-refractivity contribution is 0.0595. The highest BCUT2D eigenvalue weighted by Crippen LogP contribution is 2.43. The van der Waals surface area contributed by atoms with Crippen molar-refractivity contribution in [3.63, 3.8) is 0 Å². The van der Waals surface area contributed by atoms with Crippen LogP contribution in [0.5, 0.6) is 5.75 Å². The van der Waals surface area contributed by atoms with Gasteiger partial charge in [0, 0.05) is 22.4 Å². The molecule has 0 aliphatic carbocycles. The molecule has 0 saturated heterocycles. The highest BCUT2D eigenvalue weighted by Gasteiger charge is 2.38. The van der Waals surface area contributed by atoms with Gasteiger partial charge in [0.05, 0.1) is 13.2 Å². The van der Waals surface area contributed by atoms with Gasteiger partial charge in [-0.05, 0) is 28.8 Å². The molecule has 2 aliphatic rings. The Balaban J connectivity index is 1.58. The van der Waals surface area contributed by atoms with E-state index in [-0.39, 0.29) is 41.6 Å². The minimum Gasteiger partial charge on any atom is -0.482 e. The lowest BCUT2D eigenvalue weighted by atomic mass is 9.94. The Kier molecular flexibility index (Phi) is 6.96. The van der Waals surface area contributed by atoms with Gasteiger partial charge in [-0.1, -0.05) is 54.6 Å². The zero-order chi connectivity index (χ0) is 28.7. The first-order valence-corrected chi connectivity index (χ1v) is 13.7. The van der Waals surface area contributed by atoms with Gasteiger partial charge in [0.2, 0.25) is 5.43 Å². The van der Waals surface area contributed by atoms with E-state index in [1.807, 2.05) is 30.3 Å². The van der Waals surface area contributed by atoms with Crippen molar-refractivity contribution in [3.05, 3.63) is 128 Å². The molecule has 208 valence electrons. The maximum atomic E-state index is 15.2. The van der Waals surface area contributed by atoms with Crippen LogP contribution in [0, 0.1) is 11.6 Å². The van der Waals surface area contributed by atoms with Crippen molar-refractivity contribution >= 4 is 23.6 Å². The fourth-order valence-corrected chi connectivity index (χ4v) is 6.24. The molecule has 4 aromatic rings. The number of esters is 1. The Labute approximate surface area is 237 Å². The molecule has 3 heterocycles. The number of hydrogen-bond acceptors (Lipinski definition) is 7. The monoisotopic (exact) mass is 575 g/mol. The average Bonchev–Trinajstić information content (AvgIpc) is 3.16. The van der Waals surface area contributed by atoms with Crippen LogP contribution in [0.15, 0.2) is 82.6 Å². The molecule has 6 rings (SSSR count). The fraction of sp³-hybridized carbons (Fsp3) is 0.167. The smallest absolute Gasteiger partial charge is 0.343 e. The number of carbonyl (C=O) groups excluding carboxylic acids is 2. The molecule has 3 aromatic carbocycles. The van der Waals surface area contributed by atoms with E-state index in [1.165, 1.54) is 28.7 Å². The molecule has 2 aliphatic heterocycles. The first-order chi connectivity index (χ1) is 19.9. The summed E-state index contributed by atoms with van der Waals surface area (Å²) in [7, 11) is 1.15. The number of rotatable bonds is 5. The zero-order valence-electron chi connectivity index (χ0n) is 21.7. The van der Waals surface area contributed by atoms with E-state index >= 15 is 4.39 Å². The van der Waals surface area contributed by atoms with Crippen molar-refractivity contribution in [2.45, 2.75) is 23.3 Å². The molecule has 0 bridgehead atoms. The summed E-state index contributed by atoms with van der Waals surface area (Å²) in [6.07, 6.45) is 1.23. The molecule has 0 radical (unpaired) electrons. The van der Waals surface area contributed by atoms with E-state index in [9.17, 15) is 18.8 Å². The van der Waals surface area contributed by atoms with Crippen molar-refractivity contribution in [2.24, 2.45) is 0 Å². The Hall–Kier alpha value is -4.64. The summed E-state index contributed by atoms with van der Waals surface area (Å²) in [5.74, 6) is -3.57. The van der Waals surface area contributed by atoms with Crippen LogP contribution in [-0.4, -0.2) is 30.3 Å². The first kappa shape index (κ1) is 26.6. The number of methoxy groups -OCH3 is 1. The van der Waals surface area contributed by atoms with Crippen LogP contribution in [0.3, 0.4) is 0 Å². The van der Waals surface area contributed by atoms with Gasteiger partial charge in [0.1, 0.15) is 18.8 Å². The van der Waals surface area contributed by atoms with Crippen molar-refractivity contribution in [2.75, 3.05) is 18.8 Å². The lowest BCUT2D eigenvalue weighted by Crippen LogP contribution is -2.54. The van der Waals surface area contributed by atoms with Gasteiger partial charge < -0.3 is 14.8 Å². The van der Waals surface area contributed by atoms with Crippen LogP contribution in [0.4, 0.5) is 8.78 Å². The maximum Gasteiger partial charge on any atom is 0.343 e. The molecule has 41 heavy (non-hydrogen) atoms. The quantitative estimate of drug-likeness (QED) is 0.350. The number of nitrogens with one attached hydrogen (secondary N) is 1. The van der Waals surface area contributed by atoms with Crippen LogP contribution in [0.2, 0.25) is 0 Å². The third-order valence-corrected chi connectivity index (χ3v) is 8.20. The number of benzene rings is 3. The van der Waals surface area contributed by atoms with Crippen LogP contribution in [0.1, 0.15) is 49.1 Å². The van der Waals surface area contributed by atoms with E-state index in [1.54, 1.807) is 29.3 Å². The number of pyridine rings is 1. The second-order valence-electron chi connectivity index (χ2n) is 9.42. The van der Waals surface area contributed by atoms with E-state index < -0.39 is 35.0 Å². The first-order valence-electron chi connectivity index (χ1n) is 12.7. The highest BCUT2D eigenvalue weighted by atomic mass is 32.2. The Bertz CT molecular complexity index is 1740. The highest BCUT2D eigenvalue weighted by molar-refractivity contribution is 7.98. The van der Waals surface area contributed by atoms with E-state index in [2.05, 4.69) is 5.32 Å². The number of hydrogen-bond donors (Lipinski definition) is 1. The summed E-state index contributed by atoms with van der Waals surface area (Å²) in [5.41, 5.74) is 0.890. The van der Waals surface area contributed by atoms with Crippen LogP contribution < -0.4 is 20.5 Å². The number of ether oxygens (including phenoxy) is 2. The predicted octanol–water partition coefficient (Wildman–Crippen LogP) is 4.53. The van der Waals surface area contributed by atoms with E-state index in [0.29, 0.717) is 5.56 Å². The molecule has 0 fully saturated rings. The summed E-state index contributed by atoms with van der Waals surface area (Å²) in [6.45, 7) is -0.118. The molecule has 1 amide bonds. The summed E-state index contributed by atoms with van der Waals surface area (Å²) >= 11 is 1.37. The number of nitrogens with zero attached hydrogens (tertiary/aromatic N) is 2. The Morgan fingerprint density at radius 2 is 1.78 bits per heavy atom. The number of carbonyl (C=O) groups is 2. The average molecular weight is 576 g/mol. The van der Waals surface area contributed by atoms with Gasteiger partial charge in [-0.2, -0.15) is 0 Å². The molecule has 1 aromatic heterocycles. The minimum absolute atomic E-state index is 0.0444. The van der Waals surface area contributed by atoms with Crippen LogP contribution in [-0.2, 0) is 17.1 Å². The van der Waals surface area contributed by atoms with Crippen LogP contribution >= 0.6 is 11.8 Å². The molecule has 1 atom stereocenters. The Morgan fingerprint density at radius 3 is 2.56 bits per heavy atom. The molecule has 0 unspecified atom stereocenters. The molecule has 1 N–H and O–H groups in total. The van der Waals surface area contributed by atoms with Crippen molar-refractivity contribution < 1.29 is 27.8 Å². The fourth-order valence-electron chi connectivity index (χ4n) is 5.12. The number of halogens is 2.